The molecule has 1 fully saturated rings. The number of hydrogen-bond donors (Lipinski definition) is 0. The van der Waals surface area contributed by atoms with E-state index in [0.717, 1.165) is 32.1 Å². The second-order valence-electron chi connectivity index (χ2n) is 4.76. The van der Waals surface area contributed by atoms with E-state index in [1.165, 1.54) is 10.9 Å². The zero-order chi connectivity index (χ0) is 14.8. The fraction of sp³-hybridized carbons (Fsp3) is 0.667. The molecule has 0 unspecified atom stereocenters. The van der Waals surface area contributed by atoms with Gasteiger partial charge in [-0.15, -0.1) is 0 Å². The molecule has 1 aromatic rings. The summed E-state index contributed by atoms with van der Waals surface area (Å²) in [5, 5.41) is 3.82. The second-order valence-corrected chi connectivity index (χ2v) is 7.24. The number of esters is 1. The van der Waals surface area contributed by atoms with Crippen LogP contribution in [0.4, 0.5) is 0 Å². The first-order valence-corrected chi connectivity index (χ1v) is 8.95. The van der Waals surface area contributed by atoms with Crippen molar-refractivity contribution < 1.29 is 17.9 Å². The van der Waals surface area contributed by atoms with Gasteiger partial charge in [0.25, 0.3) is 9.05 Å². The normalized spacial score (nSPS) is 17.1. The molecular weight excluding hydrogens is 304 g/mol. The number of ether oxygens (including phenoxy) is 1. The highest BCUT2D eigenvalue weighted by Crippen LogP contribution is 2.32. The van der Waals surface area contributed by atoms with E-state index >= 15 is 0 Å². The van der Waals surface area contributed by atoms with Gasteiger partial charge in [-0.2, -0.15) is 5.10 Å². The van der Waals surface area contributed by atoms with Gasteiger partial charge in [-0.1, -0.05) is 19.3 Å². The SMILES string of the molecule is CCOC(=O)c1cnn(C2CCCCC2)c1S(=O)(=O)Cl. The van der Waals surface area contributed by atoms with Crippen molar-refractivity contribution in [2.45, 2.75) is 50.1 Å². The third kappa shape index (κ3) is 3.15. The first kappa shape index (κ1) is 15.3. The van der Waals surface area contributed by atoms with Gasteiger partial charge in [-0.05, 0) is 19.8 Å². The van der Waals surface area contributed by atoms with Gasteiger partial charge in [0.05, 0.1) is 18.8 Å². The van der Waals surface area contributed by atoms with E-state index in [0.29, 0.717) is 0 Å². The van der Waals surface area contributed by atoms with Gasteiger partial charge < -0.3 is 4.74 Å². The Hall–Kier alpha value is -1.08. The Balaban J connectivity index is 2.45. The minimum absolute atomic E-state index is 0.0320. The maximum atomic E-state index is 11.8. The summed E-state index contributed by atoms with van der Waals surface area (Å²) in [5.41, 5.74) is -0.0903. The number of aromatic nitrogens is 2. The summed E-state index contributed by atoms with van der Waals surface area (Å²) < 4.78 is 29.8. The lowest BCUT2D eigenvalue weighted by Crippen LogP contribution is -2.19. The molecule has 0 amide bonds. The first-order valence-electron chi connectivity index (χ1n) is 6.64. The Morgan fingerprint density at radius 3 is 2.65 bits per heavy atom. The van der Waals surface area contributed by atoms with Crippen molar-refractivity contribution in [3.05, 3.63) is 11.8 Å². The van der Waals surface area contributed by atoms with Crippen LogP contribution >= 0.6 is 10.7 Å². The molecule has 8 heteroatoms. The summed E-state index contributed by atoms with van der Waals surface area (Å²) in [6.45, 7) is 1.81. The standard InChI is InChI=1S/C12H17ClN2O4S/c1-2-19-12(16)10-8-14-15(11(10)20(13,17)18)9-6-4-3-5-7-9/h8-9H,2-7H2,1H3. The number of nitrogens with zero attached hydrogens (tertiary/aromatic N) is 2. The van der Waals surface area contributed by atoms with Crippen molar-refractivity contribution in [1.82, 2.24) is 9.78 Å². The van der Waals surface area contributed by atoms with Gasteiger partial charge in [-0.25, -0.2) is 17.9 Å². The van der Waals surface area contributed by atoms with E-state index in [4.69, 9.17) is 15.4 Å². The molecule has 0 saturated heterocycles. The lowest BCUT2D eigenvalue weighted by Gasteiger charge is -2.23. The molecule has 0 spiro atoms. The van der Waals surface area contributed by atoms with Crippen LogP contribution in [0.3, 0.4) is 0 Å². The van der Waals surface area contributed by atoms with E-state index in [2.05, 4.69) is 5.10 Å². The molecule has 0 atom stereocenters. The lowest BCUT2D eigenvalue weighted by atomic mass is 9.96. The summed E-state index contributed by atoms with van der Waals surface area (Å²) in [5.74, 6) is -0.714. The molecule has 112 valence electrons. The first-order chi connectivity index (χ1) is 9.45. The van der Waals surface area contributed by atoms with Crippen molar-refractivity contribution >= 4 is 25.7 Å². The Labute approximate surface area is 122 Å². The summed E-state index contributed by atoms with van der Waals surface area (Å²) >= 11 is 0. The molecule has 1 heterocycles. The lowest BCUT2D eigenvalue weighted by molar-refractivity contribution is 0.0521. The number of hydrogen-bond acceptors (Lipinski definition) is 5. The smallest absolute Gasteiger partial charge is 0.342 e. The van der Waals surface area contributed by atoms with Crippen LogP contribution in [0.2, 0.25) is 0 Å². The number of carbonyl (C=O) groups is 1. The zero-order valence-electron chi connectivity index (χ0n) is 11.2. The monoisotopic (exact) mass is 320 g/mol. The van der Waals surface area contributed by atoms with Gasteiger partial charge in [0.1, 0.15) is 5.56 Å². The molecule has 20 heavy (non-hydrogen) atoms. The molecule has 1 aromatic heterocycles. The summed E-state index contributed by atoms with van der Waals surface area (Å²) in [6.07, 6.45) is 6.06. The highest BCUT2D eigenvalue weighted by molar-refractivity contribution is 8.13. The van der Waals surface area contributed by atoms with Crippen LogP contribution in [-0.2, 0) is 13.8 Å². The largest absolute Gasteiger partial charge is 0.462 e. The predicted molar refractivity (Wildman–Crippen MR) is 73.3 cm³/mol. The van der Waals surface area contributed by atoms with Crippen LogP contribution in [0.15, 0.2) is 11.2 Å². The Kier molecular flexibility index (Phi) is 4.70. The maximum absolute atomic E-state index is 11.8. The minimum atomic E-state index is -4.06. The number of rotatable bonds is 4. The van der Waals surface area contributed by atoms with Crippen LogP contribution in [0, 0.1) is 0 Å². The molecule has 0 aromatic carbocycles. The summed E-state index contributed by atoms with van der Waals surface area (Å²) in [6, 6.07) is -0.0320. The maximum Gasteiger partial charge on any atom is 0.342 e. The fourth-order valence-electron chi connectivity index (χ4n) is 2.53. The van der Waals surface area contributed by atoms with Crippen LogP contribution < -0.4 is 0 Å². The molecular formula is C12H17ClN2O4S. The molecule has 0 radical (unpaired) electrons. The fourth-order valence-corrected chi connectivity index (χ4v) is 3.81. The third-order valence-electron chi connectivity index (χ3n) is 3.40. The Bertz CT molecular complexity index is 591. The molecule has 1 aliphatic carbocycles. The average Bonchev–Trinajstić information content (AvgIpc) is 2.84. The van der Waals surface area contributed by atoms with Gasteiger partial charge in [-0.3, -0.25) is 0 Å². The average molecular weight is 321 g/mol. The zero-order valence-corrected chi connectivity index (χ0v) is 12.8. The van der Waals surface area contributed by atoms with Crippen LogP contribution in [0.25, 0.3) is 0 Å². The molecule has 1 saturated carbocycles. The third-order valence-corrected chi connectivity index (χ3v) is 4.70. The highest BCUT2D eigenvalue weighted by Gasteiger charge is 2.31. The van der Waals surface area contributed by atoms with Crippen LogP contribution in [0.5, 0.6) is 0 Å². The van der Waals surface area contributed by atoms with Gasteiger partial charge in [0.2, 0.25) is 0 Å². The second kappa shape index (κ2) is 6.13. The quantitative estimate of drug-likeness (QED) is 0.629. The molecule has 0 bridgehead atoms. The van der Waals surface area contributed by atoms with Crippen molar-refractivity contribution in [2.75, 3.05) is 6.61 Å². The van der Waals surface area contributed by atoms with Crippen molar-refractivity contribution in [3.8, 4) is 0 Å². The van der Waals surface area contributed by atoms with E-state index in [-0.39, 0.29) is 23.2 Å². The summed E-state index contributed by atoms with van der Waals surface area (Å²) in [7, 11) is 1.42. The molecule has 1 aliphatic rings. The van der Waals surface area contributed by atoms with Crippen molar-refractivity contribution in [1.29, 1.82) is 0 Å². The topological polar surface area (TPSA) is 78.3 Å². The van der Waals surface area contributed by atoms with E-state index in [1.807, 2.05) is 0 Å². The molecule has 0 aliphatic heterocycles. The minimum Gasteiger partial charge on any atom is -0.462 e. The molecule has 2 rings (SSSR count). The van der Waals surface area contributed by atoms with Gasteiger partial charge in [0, 0.05) is 10.7 Å². The predicted octanol–water partition coefficient (Wildman–Crippen LogP) is 2.49. The van der Waals surface area contributed by atoms with E-state index < -0.39 is 15.0 Å². The van der Waals surface area contributed by atoms with Crippen molar-refractivity contribution in [2.24, 2.45) is 0 Å². The highest BCUT2D eigenvalue weighted by atomic mass is 35.7. The van der Waals surface area contributed by atoms with E-state index in [9.17, 15) is 13.2 Å². The van der Waals surface area contributed by atoms with Gasteiger partial charge >= 0.3 is 5.97 Å². The van der Waals surface area contributed by atoms with Crippen molar-refractivity contribution in [3.63, 3.8) is 0 Å². The Morgan fingerprint density at radius 2 is 2.10 bits per heavy atom. The van der Waals surface area contributed by atoms with Crippen LogP contribution in [-0.4, -0.2) is 30.8 Å². The molecule has 6 nitrogen and oxygen atoms in total. The molecule has 0 N–H and O–H groups in total. The van der Waals surface area contributed by atoms with E-state index in [1.54, 1.807) is 6.92 Å². The van der Waals surface area contributed by atoms with Crippen LogP contribution in [0.1, 0.15) is 55.4 Å². The number of carbonyl (C=O) groups excluding carboxylic acids is 1. The Morgan fingerprint density at radius 1 is 1.45 bits per heavy atom. The number of halogens is 1. The van der Waals surface area contributed by atoms with Gasteiger partial charge in [0.15, 0.2) is 5.03 Å². The summed E-state index contributed by atoms with van der Waals surface area (Å²) in [4.78, 5) is 11.8.